The molecular formula is C14H21N3. The Kier molecular flexibility index (Phi) is 2.79. The van der Waals surface area contributed by atoms with Crippen molar-refractivity contribution in [1.82, 2.24) is 10.3 Å². The number of hydrogen-bond donors (Lipinski definition) is 1. The Labute approximate surface area is 103 Å². The maximum absolute atomic E-state index is 4.44. The highest BCUT2D eigenvalue weighted by Crippen LogP contribution is 2.49. The second-order valence-electron chi connectivity index (χ2n) is 5.57. The highest BCUT2D eigenvalue weighted by Gasteiger charge is 2.45. The first-order chi connectivity index (χ1) is 8.31. The molecule has 1 N–H and O–H groups in total. The van der Waals surface area contributed by atoms with Crippen LogP contribution in [0.3, 0.4) is 0 Å². The van der Waals surface area contributed by atoms with E-state index >= 15 is 0 Å². The van der Waals surface area contributed by atoms with Crippen molar-refractivity contribution < 1.29 is 0 Å². The zero-order chi connectivity index (χ0) is 11.7. The monoisotopic (exact) mass is 231 g/mol. The molecule has 17 heavy (non-hydrogen) atoms. The standard InChI is InChI=1S/C14H21N3/c1-15-12-10-14(11-12)5-8-17(9-6-14)13-4-2-3-7-16-13/h2-4,7,12,15H,5-6,8-11H2,1H3. The van der Waals surface area contributed by atoms with E-state index in [0.29, 0.717) is 5.41 Å². The van der Waals surface area contributed by atoms with E-state index in [-0.39, 0.29) is 0 Å². The van der Waals surface area contributed by atoms with Crippen LogP contribution in [0.2, 0.25) is 0 Å². The van der Waals surface area contributed by atoms with Crippen molar-refractivity contribution >= 4 is 5.82 Å². The Balaban J connectivity index is 1.58. The second-order valence-corrected chi connectivity index (χ2v) is 5.57. The zero-order valence-corrected chi connectivity index (χ0v) is 10.5. The average Bonchev–Trinajstić information content (AvgIpc) is 2.37. The lowest BCUT2D eigenvalue weighted by Gasteiger charge is -2.52. The number of nitrogens with one attached hydrogen (secondary N) is 1. The maximum Gasteiger partial charge on any atom is 0.128 e. The highest BCUT2D eigenvalue weighted by atomic mass is 15.2. The highest BCUT2D eigenvalue weighted by molar-refractivity contribution is 5.38. The van der Waals surface area contributed by atoms with Crippen molar-refractivity contribution in [3.8, 4) is 0 Å². The van der Waals surface area contributed by atoms with E-state index in [1.807, 2.05) is 12.3 Å². The molecule has 1 saturated carbocycles. The molecule has 1 aliphatic heterocycles. The summed E-state index contributed by atoms with van der Waals surface area (Å²) in [6, 6.07) is 6.96. The minimum atomic E-state index is 0.652. The number of aromatic nitrogens is 1. The second kappa shape index (κ2) is 4.30. The van der Waals surface area contributed by atoms with Crippen LogP contribution >= 0.6 is 0 Å². The molecule has 2 aliphatic rings. The summed E-state index contributed by atoms with van der Waals surface area (Å²) in [7, 11) is 2.08. The fourth-order valence-electron chi connectivity index (χ4n) is 3.35. The predicted octanol–water partition coefficient (Wildman–Crippen LogP) is 2.05. The van der Waals surface area contributed by atoms with Gasteiger partial charge in [-0.1, -0.05) is 6.07 Å². The van der Waals surface area contributed by atoms with Crippen LogP contribution in [-0.2, 0) is 0 Å². The molecule has 1 aromatic rings. The van der Waals surface area contributed by atoms with Crippen LogP contribution in [0.5, 0.6) is 0 Å². The van der Waals surface area contributed by atoms with Crippen molar-refractivity contribution in [1.29, 1.82) is 0 Å². The fraction of sp³-hybridized carbons (Fsp3) is 0.643. The van der Waals surface area contributed by atoms with Crippen LogP contribution in [0.25, 0.3) is 0 Å². The van der Waals surface area contributed by atoms with Crippen LogP contribution in [0.15, 0.2) is 24.4 Å². The largest absolute Gasteiger partial charge is 0.357 e. The van der Waals surface area contributed by atoms with Gasteiger partial charge in [0.2, 0.25) is 0 Å². The molecule has 1 spiro atoms. The summed E-state index contributed by atoms with van der Waals surface area (Å²) in [5.74, 6) is 1.15. The Bertz CT molecular complexity index is 360. The van der Waals surface area contributed by atoms with Gasteiger partial charge in [0.15, 0.2) is 0 Å². The predicted molar refractivity (Wildman–Crippen MR) is 70.2 cm³/mol. The van der Waals surface area contributed by atoms with Gasteiger partial charge in [-0.2, -0.15) is 0 Å². The Morgan fingerprint density at radius 1 is 1.29 bits per heavy atom. The van der Waals surface area contributed by atoms with Gasteiger partial charge in [-0.3, -0.25) is 0 Å². The quantitative estimate of drug-likeness (QED) is 0.844. The van der Waals surface area contributed by atoms with Crippen molar-refractivity contribution in [2.24, 2.45) is 5.41 Å². The number of rotatable bonds is 2. The summed E-state index contributed by atoms with van der Waals surface area (Å²) in [5, 5.41) is 3.39. The lowest BCUT2D eigenvalue weighted by molar-refractivity contribution is 0.0566. The molecule has 3 nitrogen and oxygen atoms in total. The normalized spacial score (nSPS) is 23.7. The summed E-state index contributed by atoms with van der Waals surface area (Å²) < 4.78 is 0. The van der Waals surface area contributed by atoms with Crippen LogP contribution in [0, 0.1) is 5.41 Å². The number of nitrogens with zero attached hydrogens (tertiary/aromatic N) is 2. The molecule has 0 aromatic carbocycles. The van der Waals surface area contributed by atoms with Gasteiger partial charge in [0, 0.05) is 25.3 Å². The van der Waals surface area contributed by atoms with Gasteiger partial charge in [-0.25, -0.2) is 4.98 Å². The topological polar surface area (TPSA) is 28.2 Å². The van der Waals surface area contributed by atoms with Crippen LogP contribution in [0.4, 0.5) is 5.82 Å². The molecule has 0 unspecified atom stereocenters. The lowest BCUT2D eigenvalue weighted by Crippen LogP contribution is -2.53. The zero-order valence-electron chi connectivity index (χ0n) is 10.5. The summed E-state index contributed by atoms with van der Waals surface area (Å²) in [6.45, 7) is 2.35. The Hall–Kier alpha value is -1.09. The first-order valence-electron chi connectivity index (χ1n) is 6.65. The molecule has 1 saturated heterocycles. The fourth-order valence-corrected chi connectivity index (χ4v) is 3.35. The Morgan fingerprint density at radius 2 is 2.06 bits per heavy atom. The van der Waals surface area contributed by atoms with E-state index in [4.69, 9.17) is 0 Å². The van der Waals surface area contributed by atoms with Crippen molar-refractivity contribution in [3.05, 3.63) is 24.4 Å². The van der Waals surface area contributed by atoms with Gasteiger partial charge in [0.25, 0.3) is 0 Å². The number of anilines is 1. The minimum absolute atomic E-state index is 0.652. The molecular weight excluding hydrogens is 210 g/mol. The van der Waals surface area contributed by atoms with Gasteiger partial charge in [-0.15, -0.1) is 0 Å². The third-order valence-corrected chi connectivity index (χ3v) is 4.56. The van der Waals surface area contributed by atoms with E-state index in [9.17, 15) is 0 Å². The number of pyridine rings is 1. The third-order valence-electron chi connectivity index (χ3n) is 4.56. The Morgan fingerprint density at radius 3 is 2.65 bits per heavy atom. The van der Waals surface area contributed by atoms with Gasteiger partial charge < -0.3 is 10.2 Å². The third kappa shape index (κ3) is 2.04. The molecule has 3 rings (SSSR count). The molecule has 2 heterocycles. The molecule has 1 aliphatic carbocycles. The van der Waals surface area contributed by atoms with Gasteiger partial charge in [0.05, 0.1) is 0 Å². The SMILES string of the molecule is CNC1CC2(CCN(c3ccccn3)CC2)C1. The van der Waals surface area contributed by atoms with E-state index in [1.54, 1.807) is 0 Å². The number of piperidine rings is 1. The molecule has 1 aromatic heterocycles. The van der Waals surface area contributed by atoms with Crippen LogP contribution in [0.1, 0.15) is 25.7 Å². The van der Waals surface area contributed by atoms with Crippen molar-refractivity contribution in [2.45, 2.75) is 31.7 Å². The first-order valence-corrected chi connectivity index (χ1v) is 6.65. The first kappa shape index (κ1) is 11.0. The molecule has 0 bridgehead atoms. The van der Waals surface area contributed by atoms with Crippen molar-refractivity contribution in [2.75, 3.05) is 25.0 Å². The van der Waals surface area contributed by atoms with Gasteiger partial charge in [-0.05, 0) is 50.3 Å². The van der Waals surface area contributed by atoms with E-state index in [1.165, 1.54) is 38.8 Å². The minimum Gasteiger partial charge on any atom is -0.357 e. The van der Waals surface area contributed by atoms with Gasteiger partial charge in [0.1, 0.15) is 5.82 Å². The van der Waals surface area contributed by atoms with Crippen LogP contribution in [-0.4, -0.2) is 31.2 Å². The van der Waals surface area contributed by atoms with Crippen molar-refractivity contribution in [3.63, 3.8) is 0 Å². The molecule has 2 fully saturated rings. The summed E-state index contributed by atoms with van der Waals surface area (Å²) in [4.78, 5) is 6.87. The summed E-state index contributed by atoms with van der Waals surface area (Å²) in [5.41, 5.74) is 0.652. The van der Waals surface area contributed by atoms with E-state index in [0.717, 1.165) is 11.9 Å². The van der Waals surface area contributed by atoms with E-state index < -0.39 is 0 Å². The molecule has 0 amide bonds. The van der Waals surface area contributed by atoms with Gasteiger partial charge >= 0.3 is 0 Å². The summed E-state index contributed by atoms with van der Waals surface area (Å²) in [6.07, 6.45) is 7.31. The molecule has 0 atom stereocenters. The molecule has 92 valence electrons. The average molecular weight is 231 g/mol. The maximum atomic E-state index is 4.44. The number of hydrogen-bond acceptors (Lipinski definition) is 3. The smallest absolute Gasteiger partial charge is 0.128 e. The molecule has 0 radical (unpaired) electrons. The van der Waals surface area contributed by atoms with E-state index in [2.05, 4.69) is 34.4 Å². The molecule has 3 heteroatoms. The van der Waals surface area contributed by atoms with Crippen LogP contribution < -0.4 is 10.2 Å². The lowest BCUT2D eigenvalue weighted by atomic mass is 9.60. The summed E-state index contributed by atoms with van der Waals surface area (Å²) >= 11 is 0.